The zero-order valence-corrected chi connectivity index (χ0v) is 13.1. The minimum atomic E-state index is -1.37. The lowest BCUT2D eigenvalue weighted by Crippen LogP contribution is -2.50. The predicted molar refractivity (Wildman–Crippen MR) is 78.8 cm³/mol. The molecule has 3 aliphatic carbocycles. The number of carbonyl (C=O) groups is 2. The number of Topliss-reactive ketones (excluding diaryl/α,β-unsaturated/α-hetero) is 1. The summed E-state index contributed by atoms with van der Waals surface area (Å²) in [5, 5.41) is 20.9. The number of primary amides is 1. The van der Waals surface area contributed by atoms with Crippen LogP contribution in [0.25, 0.3) is 0 Å². The second kappa shape index (κ2) is 4.43. The van der Waals surface area contributed by atoms with Gasteiger partial charge in [-0.15, -0.1) is 0 Å². The molecule has 1 spiro atoms. The van der Waals surface area contributed by atoms with Crippen molar-refractivity contribution < 1.29 is 19.9 Å². The number of urea groups is 1. The predicted octanol–water partition coefficient (Wildman–Crippen LogP) is 1.38. The van der Waals surface area contributed by atoms with Crippen LogP contribution in [0, 0.1) is 17.3 Å². The molecule has 0 aromatic heterocycles. The summed E-state index contributed by atoms with van der Waals surface area (Å²) < 4.78 is 0. The van der Waals surface area contributed by atoms with Crippen LogP contribution in [0.15, 0.2) is 22.8 Å². The van der Waals surface area contributed by atoms with Gasteiger partial charge in [-0.3, -0.25) is 10.0 Å². The van der Waals surface area contributed by atoms with Crippen LogP contribution in [-0.2, 0) is 4.79 Å². The molecule has 0 aliphatic heterocycles. The van der Waals surface area contributed by atoms with Gasteiger partial charge < -0.3 is 10.8 Å². The van der Waals surface area contributed by atoms with Gasteiger partial charge in [0.15, 0.2) is 5.78 Å². The Balaban J connectivity index is 2.06. The van der Waals surface area contributed by atoms with Gasteiger partial charge in [0.1, 0.15) is 5.60 Å². The van der Waals surface area contributed by atoms with E-state index in [1.165, 1.54) is 0 Å². The molecule has 22 heavy (non-hydrogen) atoms. The number of aliphatic hydroxyl groups is 1. The number of nitrogens with zero attached hydrogens (tertiary/aromatic N) is 1. The average Bonchev–Trinajstić information content (AvgIpc) is 3.18. The molecule has 0 aromatic carbocycles. The van der Waals surface area contributed by atoms with Gasteiger partial charge in [-0.1, -0.05) is 18.6 Å². The van der Waals surface area contributed by atoms with E-state index in [1.807, 2.05) is 19.9 Å². The van der Waals surface area contributed by atoms with E-state index in [0.717, 1.165) is 24.0 Å². The molecule has 0 heterocycles. The van der Waals surface area contributed by atoms with Crippen LogP contribution >= 0.6 is 0 Å². The van der Waals surface area contributed by atoms with Crippen LogP contribution in [0.2, 0.25) is 0 Å². The Morgan fingerprint density at radius 2 is 2.09 bits per heavy atom. The average molecular weight is 306 g/mol. The molecule has 2 amide bonds. The fourth-order valence-corrected chi connectivity index (χ4v) is 4.23. The summed E-state index contributed by atoms with van der Waals surface area (Å²) in [6.45, 7) is 5.54. The molecule has 0 aromatic rings. The number of nitrogens with two attached hydrogens (primary N) is 1. The van der Waals surface area contributed by atoms with E-state index in [-0.39, 0.29) is 24.2 Å². The van der Waals surface area contributed by atoms with Crippen molar-refractivity contribution in [2.75, 3.05) is 6.54 Å². The second-order valence-corrected chi connectivity index (χ2v) is 6.99. The van der Waals surface area contributed by atoms with Gasteiger partial charge in [-0.2, -0.15) is 0 Å². The number of fused-ring (bicyclic) bond motifs is 1. The molecule has 3 atom stereocenters. The molecular weight excluding hydrogens is 284 g/mol. The number of rotatable bonds is 2. The monoisotopic (exact) mass is 306 g/mol. The fraction of sp³-hybridized carbons (Fsp3) is 0.625. The van der Waals surface area contributed by atoms with E-state index in [2.05, 4.69) is 0 Å². The van der Waals surface area contributed by atoms with Crippen LogP contribution in [0.3, 0.4) is 0 Å². The van der Waals surface area contributed by atoms with Crippen LogP contribution in [0.4, 0.5) is 4.79 Å². The van der Waals surface area contributed by atoms with Crippen LogP contribution in [0.1, 0.15) is 33.6 Å². The summed E-state index contributed by atoms with van der Waals surface area (Å²) in [4.78, 5) is 23.8. The molecule has 1 saturated carbocycles. The number of allylic oxidation sites excluding steroid dienone is 1. The van der Waals surface area contributed by atoms with Crippen LogP contribution in [0.5, 0.6) is 0 Å². The van der Waals surface area contributed by atoms with Gasteiger partial charge >= 0.3 is 6.03 Å². The highest BCUT2D eigenvalue weighted by Gasteiger charge is 2.65. The smallest absolute Gasteiger partial charge is 0.338 e. The van der Waals surface area contributed by atoms with Crippen LogP contribution < -0.4 is 5.73 Å². The lowest BCUT2D eigenvalue weighted by Gasteiger charge is -2.40. The van der Waals surface area contributed by atoms with Crippen molar-refractivity contribution in [3.8, 4) is 0 Å². The Morgan fingerprint density at radius 3 is 2.59 bits per heavy atom. The summed E-state index contributed by atoms with van der Waals surface area (Å²) in [5.41, 5.74) is 5.67. The first-order valence-electron chi connectivity index (χ1n) is 7.60. The lowest BCUT2D eigenvalue weighted by atomic mass is 9.66. The highest BCUT2D eigenvalue weighted by molar-refractivity contribution is 6.09. The van der Waals surface area contributed by atoms with Crippen molar-refractivity contribution in [3.63, 3.8) is 0 Å². The summed E-state index contributed by atoms with van der Waals surface area (Å²) in [5.74, 6) is -0.434. The van der Waals surface area contributed by atoms with Gasteiger partial charge in [0, 0.05) is 16.9 Å². The zero-order chi connectivity index (χ0) is 16.4. The van der Waals surface area contributed by atoms with E-state index < -0.39 is 17.0 Å². The van der Waals surface area contributed by atoms with Crippen molar-refractivity contribution in [2.24, 2.45) is 23.0 Å². The maximum absolute atomic E-state index is 12.7. The summed E-state index contributed by atoms with van der Waals surface area (Å²) in [7, 11) is 0. The molecule has 3 aliphatic rings. The molecule has 6 nitrogen and oxygen atoms in total. The zero-order valence-electron chi connectivity index (χ0n) is 13.1. The number of carbonyl (C=O) groups excluding carboxylic acids is 2. The fourth-order valence-electron chi connectivity index (χ4n) is 4.23. The van der Waals surface area contributed by atoms with E-state index in [9.17, 15) is 19.9 Å². The van der Waals surface area contributed by atoms with Crippen molar-refractivity contribution in [1.29, 1.82) is 0 Å². The normalized spacial score (nSPS) is 35.5. The first-order chi connectivity index (χ1) is 10.1. The standard InChI is InChI=1S/C16H22N2O4/c1-8-6-10-12(11(8)7-18(22)14(17)20)9(2)16(4-5-16)15(3,21)13(10)19/h6,8,11,21-22H,4-5,7H2,1-3H3,(H2,17,20)/t8?,11?,15-/m0/s1. The molecule has 3 rings (SSSR count). The molecule has 2 unspecified atom stereocenters. The third-order valence-corrected chi connectivity index (χ3v) is 5.84. The number of hydroxylamine groups is 2. The SMILES string of the molecule is CC1=C2C(=CC(C)C2CN(O)C(N)=O)C(=O)[C@](C)(O)C12CC2. The molecule has 1 fully saturated rings. The van der Waals surface area contributed by atoms with Crippen molar-refractivity contribution in [2.45, 2.75) is 39.2 Å². The number of amides is 2. The van der Waals surface area contributed by atoms with Gasteiger partial charge in [0.25, 0.3) is 0 Å². The molecule has 120 valence electrons. The van der Waals surface area contributed by atoms with Crippen molar-refractivity contribution in [3.05, 3.63) is 22.8 Å². The topological polar surface area (TPSA) is 104 Å². The van der Waals surface area contributed by atoms with Gasteiger partial charge in [-0.05, 0) is 38.2 Å². The quantitative estimate of drug-likeness (QED) is 0.529. The molecule has 6 heteroatoms. The van der Waals surface area contributed by atoms with E-state index in [1.54, 1.807) is 6.92 Å². The molecule has 0 bridgehead atoms. The molecule has 0 radical (unpaired) electrons. The highest BCUT2D eigenvalue weighted by Crippen LogP contribution is 2.65. The maximum atomic E-state index is 12.7. The van der Waals surface area contributed by atoms with Crippen LogP contribution in [-0.4, -0.2) is 39.3 Å². The molecule has 4 N–H and O–H groups in total. The Bertz CT molecular complexity index is 628. The van der Waals surface area contributed by atoms with E-state index in [4.69, 9.17) is 5.73 Å². The van der Waals surface area contributed by atoms with E-state index in [0.29, 0.717) is 10.6 Å². The first-order valence-corrected chi connectivity index (χ1v) is 7.60. The maximum Gasteiger partial charge on any atom is 0.338 e. The minimum absolute atomic E-state index is 0.0115. The minimum Gasteiger partial charge on any atom is -0.381 e. The summed E-state index contributed by atoms with van der Waals surface area (Å²) in [6, 6.07) is -0.908. The highest BCUT2D eigenvalue weighted by atomic mass is 16.5. The molecular formula is C16H22N2O4. The van der Waals surface area contributed by atoms with Crippen molar-refractivity contribution in [1.82, 2.24) is 5.06 Å². The third-order valence-electron chi connectivity index (χ3n) is 5.84. The summed E-state index contributed by atoms with van der Waals surface area (Å²) >= 11 is 0. The van der Waals surface area contributed by atoms with E-state index >= 15 is 0 Å². The van der Waals surface area contributed by atoms with Gasteiger partial charge in [0.05, 0.1) is 6.54 Å². The Hall–Kier alpha value is -1.66. The number of hydrogen-bond donors (Lipinski definition) is 3. The Labute approximate surface area is 129 Å². The summed E-state index contributed by atoms with van der Waals surface area (Å²) in [6.07, 6.45) is 3.41. The van der Waals surface area contributed by atoms with Gasteiger partial charge in [-0.25, -0.2) is 9.86 Å². The number of ketones is 1. The third kappa shape index (κ3) is 1.74. The Kier molecular flexibility index (Phi) is 3.07. The number of hydrogen-bond acceptors (Lipinski definition) is 4. The Morgan fingerprint density at radius 1 is 1.50 bits per heavy atom. The second-order valence-electron chi connectivity index (χ2n) is 6.99. The van der Waals surface area contributed by atoms with Crippen molar-refractivity contribution >= 4 is 11.8 Å². The van der Waals surface area contributed by atoms with Gasteiger partial charge in [0.2, 0.25) is 0 Å². The first kappa shape index (κ1) is 15.2. The largest absolute Gasteiger partial charge is 0.381 e. The molecule has 0 saturated heterocycles. The lowest BCUT2D eigenvalue weighted by molar-refractivity contribution is -0.137.